The summed E-state index contributed by atoms with van der Waals surface area (Å²) >= 11 is 0. The highest BCUT2D eigenvalue weighted by Gasteiger charge is 2.65. The molecule has 4 nitrogen and oxygen atoms in total. The summed E-state index contributed by atoms with van der Waals surface area (Å²) in [6.45, 7) is 1.33. The normalized spacial score (nSPS) is 17.8. The summed E-state index contributed by atoms with van der Waals surface area (Å²) in [5, 5.41) is 9.07. The van der Waals surface area contributed by atoms with Crippen LogP contribution in [0.15, 0.2) is 23.1 Å². The Hall–Kier alpha value is -1.12. The van der Waals surface area contributed by atoms with E-state index in [4.69, 9.17) is 5.11 Å². The minimum Gasteiger partial charge on any atom is -0.392 e. The molecule has 8 heteroatoms. The molecule has 1 aromatic rings. The van der Waals surface area contributed by atoms with Crippen LogP contribution in [0.1, 0.15) is 30.9 Å². The van der Waals surface area contributed by atoms with Gasteiger partial charge in [-0.15, -0.1) is 0 Å². The smallest absolute Gasteiger partial charge is 0.392 e. The van der Waals surface area contributed by atoms with Crippen molar-refractivity contribution < 1.29 is 26.7 Å². The minimum absolute atomic E-state index is 0.202. The predicted molar refractivity (Wildman–Crippen MR) is 70.1 cm³/mol. The Morgan fingerprint density at radius 1 is 1.33 bits per heavy atom. The zero-order valence-corrected chi connectivity index (χ0v) is 12.2. The largest absolute Gasteiger partial charge is 0.407 e. The van der Waals surface area contributed by atoms with Crippen LogP contribution in [-0.2, 0) is 23.1 Å². The van der Waals surface area contributed by atoms with Crippen molar-refractivity contribution in [3.8, 4) is 0 Å². The molecule has 0 unspecified atom stereocenters. The summed E-state index contributed by atoms with van der Waals surface area (Å²) in [5.41, 5.74) is -1.59. The average molecular weight is 323 g/mol. The van der Waals surface area contributed by atoms with E-state index in [-0.39, 0.29) is 24.3 Å². The molecule has 0 heterocycles. The second-order valence-electron chi connectivity index (χ2n) is 5.14. The maximum absolute atomic E-state index is 12.9. The van der Waals surface area contributed by atoms with Crippen LogP contribution in [0.3, 0.4) is 0 Å². The molecule has 21 heavy (non-hydrogen) atoms. The van der Waals surface area contributed by atoms with Gasteiger partial charge in [0.1, 0.15) is 5.54 Å². The number of alkyl halides is 3. The van der Waals surface area contributed by atoms with Gasteiger partial charge in [0.25, 0.3) is 0 Å². The molecule has 1 aliphatic carbocycles. The number of hydrogen-bond donors (Lipinski definition) is 2. The second-order valence-corrected chi connectivity index (χ2v) is 6.79. The molecule has 0 aromatic heterocycles. The molecule has 0 amide bonds. The van der Waals surface area contributed by atoms with Crippen LogP contribution in [0.4, 0.5) is 13.2 Å². The number of rotatable bonds is 5. The number of sulfonamides is 1. The van der Waals surface area contributed by atoms with Crippen molar-refractivity contribution in [3.05, 3.63) is 29.3 Å². The third-order valence-corrected chi connectivity index (χ3v) is 5.23. The van der Waals surface area contributed by atoms with E-state index in [1.165, 1.54) is 12.1 Å². The van der Waals surface area contributed by atoms with Crippen molar-refractivity contribution in [2.45, 2.75) is 49.4 Å². The lowest BCUT2D eigenvalue weighted by atomic mass is 10.1. The standard InChI is InChI=1S/C13H16F3NO3S/c1-2-10-4-3-9(8-18)7-11(10)21(19,20)17-12(5-6-12)13(14,15)16/h3-4,7,17-18H,2,5-6,8H2,1H3. The topological polar surface area (TPSA) is 66.4 Å². The third kappa shape index (κ3) is 3.07. The number of benzene rings is 1. The molecule has 1 aromatic carbocycles. The van der Waals surface area contributed by atoms with E-state index in [2.05, 4.69) is 0 Å². The number of aryl methyl sites for hydroxylation is 1. The molecule has 0 spiro atoms. The first-order valence-electron chi connectivity index (χ1n) is 6.48. The summed E-state index contributed by atoms with van der Waals surface area (Å²) in [5.74, 6) is 0. The molecular formula is C13H16F3NO3S. The van der Waals surface area contributed by atoms with Crippen molar-refractivity contribution >= 4 is 10.0 Å². The Balaban J connectivity index is 2.41. The van der Waals surface area contributed by atoms with Crippen molar-refractivity contribution in [3.63, 3.8) is 0 Å². The first-order valence-corrected chi connectivity index (χ1v) is 7.97. The lowest BCUT2D eigenvalue weighted by Gasteiger charge is -2.21. The highest BCUT2D eigenvalue weighted by molar-refractivity contribution is 7.89. The molecule has 118 valence electrons. The van der Waals surface area contributed by atoms with Gasteiger partial charge in [-0.2, -0.15) is 17.9 Å². The Morgan fingerprint density at radius 2 is 1.95 bits per heavy atom. The van der Waals surface area contributed by atoms with E-state index in [1.54, 1.807) is 17.7 Å². The fourth-order valence-corrected chi connectivity index (χ4v) is 3.93. The summed E-state index contributed by atoms with van der Waals surface area (Å²) in [7, 11) is -4.30. The average Bonchev–Trinajstić information content (AvgIpc) is 3.17. The van der Waals surface area contributed by atoms with Crippen LogP contribution in [-0.4, -0.2) is 25.2 Å². The summed E-state index contributed by atoms with van der Waals surface area (Å²) in [6, 6.07) is 4.27. The van der Waals surface area contributed by atoms with Crippen molar-refractivity contribution in [1.82, 2.24) is 4.72 Å². The van der Waals surface area contributed by atoms with E-state index < -0.39 is 21.7 Å². The summed E-state index contributed by atoms with van der Waals surface area (Å²) in [6.07, 6.45) is -4.75. The highest BCUT2D eigenvalue weighted by Crippen LogP contribution is 2.49. The molecule has 1 fully saturated rings. The number of halogens is 3. The molecule has 0 aliphatic heterocycles. The Bertz CT molecular complexity index is 637. The fourth-order valence-electron chi connectivity index (χ4n) is 2.12. The quantitative estimate of drug-likeness (QED) is 0.872. The van der Waals surface area contributed by atoms with Gasteiger partial charge in [-0.1, -0.05) is 19.1 Å². The van der Waals surface area contributed by atoms with E-state index in [1.807, 2.05) is 0 Å². The van der Waals surface area contributed by atoms with Crippen molar-refractivity contribution in [1.29, 1.82) is 0 Å². The van der Waals surface area contributed by atoms with Gasteiger partial charge in [-0.25, -0.2) is 8.42 Å². The van der Waals surface area contributed by atoms with Gasteiger partial charge in [0.2, 0.25) is 10.0 Å². The zero-order valence-electron chi connectivity index (χ0n) is 11.4. The number of hydrogen-bond acceptors (Lipinski definition) is 3. The van der Waals surface area contributed by atoms with Gasteiger partial charge in [0.15, 0.2) is 0 Å². The number of nitrogens with one attached hydrogen (secondary N) is 1. The first kappa shape index (κ1) is 16.3. The molecule has 1 aliphatic rings. The Kier molecular flexibility index (Phi) is 4.07. The molecule has 1 saturated carbocycles. The number of aliphatic hydroxyl groups is 1. The van der Waals surface area contributed by atoms with Gasteiger partial charge in [0, 0.05) is 0 Å². The maximum Gasteiger partial charge on any atom is 0.407 e. The van der Waals surface area contributed by atoms with Crippen LogP contribution in [0.25, 0.3) is 0 Å². The van der Waals surface area contributed by atoms with Gasteiger partial charge in [-0.3, -0.25) is 0 Å². The van der Waals surface area contributed by atoms with Gasteiger partial charge in [-0.05, 0) is 36.5 Å². The molecule has 0 bridgehead atoms. The van der Waals surface area contributed by atoms with E-state index in [9.17, 15) is 21.6 Å². The number of aliphatic hydroxyl groups excluding tert-OH is 1. The van der Waals surface area contributed by atoms with E-state index >= 15 is 0 Å². The van der Waals surface area contributed by atoms with Crippen molar-refractivity contribution in [2.75, 3.05) is 0 Å². The predicted octanol–water partition coefficient (Wildman–Crippen LogP) is 2.11. The van der Waals surface area contributed by atoms with Crippen LogP contribution >= 0.6 is 0 Å². The summed E-state index contributed by atoms with van der Waals surface area (Å²) < 4.78 is 65.1. The van der Waals surface area contributed by atoms with Crippen molar-refractivity contribution in [2.24, 2.45) is 0 Å². The molecule has 2 rings (SSSR count). The van der Waals surface area contributed by atoms with Gasteiger partial charge >= 0.3 is 6.18 Å². The van der Waals surface area contributed by atoms with E-state index in [0.717, 1.165) is 0 Å². The maximum atomic E-state index is 12.9. The third-order valence-electron chi connectivity index (χ3n) is 3.61. The molecule has 0 radical (unpaired) electrons. The fraction of sp³-hybridized carbons (Fsp3) is 0.538. The molecule has 0 saturated heterocycles. The van der Waals surface area contributed by atoms with Crippen LogP contribution < -0.4 is 4.72 Å². The monoisotopic (exact) mass is 323 g/mol. The highest BCUT2D eigenvalue weighted by atomic mass is 32.2. The van der Waals surface area contributed by atoms with Crippen LogP contribution in [0.5, 0.6) is 0 Å². The lowest BCUT2D eigenvalue weighted by Crippen LogP contribution is -2.47. The van der Waals surface area contributed by atoms with Gasteiger partial charge < -0.3 is 5.11 Å². The summed E-state index contributed by atoms with van der Waals surface area (Å²) in [4.78, 5) is -0.202. The lowest BCUT2D eigenvalue weighted by molar-refractivity contribution is -0.160. The SMILES string of the molecule is CCc1ccc(CO)cc1S(=O)(=O)NC1(C(F)(F)F)CC1. The minimum atomic E-state index is -4.61. The first-order chi connectivity index (χ1) is 9.65. The zero-order chi connectivity index (χ0) is 15.9. The molecule has 2 N–H and O–H groups in total. The Labute approximate surface area is 121 Å². The van der Waals surface area contributed by atoms with Crippen LogP contribution in [0.2, 0.25) is 0 Å². The second kappa shape index (κ2) is 5.26. The molecule has 0 atom stereocenters. The molecular weight excluding hydrogens is 307 g/mol. The Morgan fingerprint density at radius 3 is 2.38 bits per heavy atom. The van der Waals surface area contributed by atoms with Crippen LogP contribution in [0, 0.1) is 0 Å². The van der Waals surface area contributed by atoms with E-state index in [0.29, 0.717) is 17.5 Å². The van der Waals surface area contributed by atoms with Gasteiger partial charge in [0.05, 0.1) is 11.5 Å².